The van der Waals surface area contributed by atoms with Gasteiger partial charge in [-0.25, -0.2) is 4.79 Å². The molecule has 2 heterocycles. The van der Waals surface area contributed by atoms with Crippen LogP contribution < -0.4 is 5.32 Å². The van der Waals surface area contributed by atoms with Crippen LogP contribution in [0, 0.1) is 10.1 Å². The van der Waals surface area contributed by atoms with Gasteiger partial charge in [-0.1, -0.05) is 0 Å². The number of non-ortho nitro benzene ring substituents is 1. The number of ether oxygens (including phenoxy) is 2. The van der Waals surface area contributed by atoms with Gasteiger partial charge in [-0.3, -0.25) is 14.9 Å². The summed E-state index contributed by atoms with van der Waals surface area (Å²) in [6.45, 7) is 6.20. The molecule has 0 aromatic heterocycles. The number of nitrogens with zero attached hydrogens (tertiary/aromatic N) is 2. The van der Waals surface area contributed by atoms with Gasteiger partial charge in [0.05, 0.1) is 17.1 Å². The lowest BCUT2D eigenvalue weighted by atomic mass is 9.97. The summed E-state index contributed by atoms with van der Waals surface area (Å²) in [5, 5.41) is 13.7. The van der Waals surface area contributed by atoms with Crippen LogP contribution in [0.15, 0.2) is 24.3 Å². The molecule has 2 amide bonds. The number of hydrogen-bond acceptors (Lipinski definition) is 6. The van der Waals surface area contributed by atoms with Gasteiger partial charge in [0.25, 0.3) is 11.6 Å². The molecule has 2 aliphatic heterocycles. The van der Waals surface area contributed by atoms with Crippen molar-refractivity contribution < 1.29 is 24.0 Å². The number of morpholine rings is 1. The van der Waals surface area contributed by atoms with Crippen molar-refractivity contribution in [2.75, 3.05) is 13.1 Å². The fraction of sp³-hybridized carbons (Fsp3) is 0.556. The van der Waals surface area contributed by atoms with Gasteiger partial charge in [0, 0.05) is 25.2 Å². The summed E-state index contributed by atoms with van der Waals surface area (Å²) in [6.07, 6.45) is -0.900. The number of hydrogen-bond donors (Lipinski definition) is 1. The molecule has 0 bridgehead atoms. The Labute approximate surface area is 156 Å². The highest BCUT2D eigenvalue weighted by atomic mass is 16.6. The minimum atomic E-state index is -0.819. The molecule has 0 aliphatic carbocycles. The summed E-state index contributed by atoms with van der Waals surface area (Å²) in [7, 11) is 0. The Morgan fingerprint density at radius 1 is 1.33 bits per heavy atom. The van der Waals surface area contributed by atoms with Crippen molar-refractivity contribution in [1.82, 2.24) is 10.2 Å². The van der Waals surface area contributed by atoms with Gasteiger partial charge < -0.3 is 19.7 Å². The highest BCUT2D eigenvalue weighted by Gasteiger charge is 2.42. The monoisotopic (exact) mass is 377 g/mol. The molecule has 9 heteroatoms. The average molecular weight is 377 g/mol. The summed E-state index contributed by atoms with van der Waals surface area (Å²) < 4.78 is 11.3. The van der Waals surface area contributed by atoms with Crippen molar-refractivity contribution in [3.8, 4) is 0 Å². The van der Waals surface area contributed by atoms with E-state index in [-0.39, 0.29) is 23.7 Å². The second-order valence-electron chi connectivity index (χ2n) is 7.73. The summed E-state index contributed by atoms with van der Waals surface area (Å²) in [6, 6.07) is 5.44. The predicted octanol–water partition coefficient (Wildman–Crippen LogP) is 2.16. The van der Waals surface area contributed by atoms with Crippen LogP contribution in [0.2, 0.25) is 0 Å². The minimum Gasteiger partial charge on any atom is -0.444 e. The molecule has 2 saturated heterocycles. The van der Waals surface area contributed by atoms with E-state index in [9.17, 15) is 19.7 Å². The van der Waals surface area contributed by atoms with Crippen LogP contribution >= 0.6 is 0 Å². The van der Waals surface area contributed by atoms with Crippen LogP contribution in [0.25, 0.3) is 0 Å². The lowest BCUT2D eigenvalue weighted by Gasteiger charge is -2.43. The molecule has 0 spiro atoms. The molecule has 1 aromatic carbocycles. The zero-order valence-electron chi connectivity index (χ0n) is 15.5. The lowest BCUT2D eigenvalue weighted by Crippen LogP contribution is -2.61. The Kier molecular flexibility index (Phi) is 5.05. The van der Waals surface area contributed by atoms with Crippen LogP contribution in [0.4, 0.5) is 10.5 Å². The quantitative estimate of drug-likeness (QED) is 0.624. The molecule has 146 valence electrons. The third-order valence-electron chi connectivity index (χ3n) is 4.48. The number of carbonyl (C=O) groups excluding carboxylic acids is 2. The number of benzene rings is 1. The van der Waals surface area contributed by atoms with Gasteiger partial charge in [0.1, 0.15) is 5.60 Å². The zero-order valence-corrected chi connectivity index (χ0v) is 15.5. The number of amides is 2. The predicted molar refractivity (Wildman–Crippen MR) is 95.1 cm³/mol. The molecular formula is C18H23N3O6. The largest absolute Gasteiger partial charge is 0.444 e. The minimum absolute atomic E-state index is 0.0430. The standard InChI is InChI=1S/C18H23N3O6/c1-18(2,3)27-17(23)20-9-8-14-13(10-20)19-16(22)15(26-14)11-4-6-12(7-5-11)21(24)25/h4-7,13-15H,8-10H2,1-3H3,(H,19,22)/t13-,14+,15?/m1/s1. The van der Waals surface area contributed by atoms with Crippen LogP contribution in [-0.2, 0) is 14.3 Å². The molecule has 0 saturated carbocycles. The van der Waals surface area contributed by atoms with E-state index in [4.69, 9.17) is 9.47 Å². The van der Waals surface area contributed by atoms with E-state index in [2.05, 4.69) is 5.32 Å². The van der Waals surface area contributed by atoms with Gasteiger partial charge in [0.2, 0.25) is 0 Å². The van der Waals surface area contributed by atoms with Crippen molar-refractivity contribution in [1.29, 1.82) is 0 Å². The average Bonchev–Trinajstić information content (AvgIpc) is 2.59. The number of nitrogens with one attached hydrogen (secondary N) is 1. The molecule has 2 fully saturated rings. The van der Waals surface area contributed by atoms with Gasteiger partial charge in [-0.05, 0) is 44.9 Å². The molecule has 9 nitrogen and oxygen atoms in total. The molecule has 1 N–H and O–H groups in total. The zero-order chi connectivity index (χ0) is 19.8. The number of rotatable bonds is 2. The molecule has 1 aromatic rings. The Morgan fingerprint density at radius 3 is 2.59 bits per heavy atom. The first kappa shape index (κ1) is 19.1. The number of piperidine rings is 1. The number of carbonyl (C=O) groups is 2. The first-order valence-corrected chi connectivity index (χ1v) is 8.82. The third kappa shape index (κ3) is 4.36. The number of nitro groups is 1. The summed E-state index contributed by atoms with van der Waals surface area (Å²) in [5.74, 6) is -0.323. The van der Waals surface area contributed by atoms with E-state index >= 15 is 0 Å². The molecule has 3 rings (SSSR count). The Morgan fingerprint density at radius 2 is 2.00 bits per heavy atom. The van der Waals surface area contributed by atoms with E-state index in [0.29, 0.717) is 25.1 Å². The lowest BCUT2D eigenvalue weighted by molar-refractivity contribution is -0.384. The SMILES string of the molecule is CC(C)(C)OC(=O)N1CC[C@@H]2OC(c3ccc([N+](=O)[O-])cc3)C(=O)N[C@@H]2C1. The fourth-order valence-electron chi connectivity index (χ4n) is 3.22. The fourth-order valence-corrected chi connectivity index (χ4v) is 3.22. The Balaban J connectivity index is 1.65. The molecule has 3 atom stereocenters. The van der Waals surface area contributed by atoms with Crippen LogP contribution in [0.5, 0.6) is 0 Å². The molecule has 27 heavy (non-hydrogen) atoms. The highest BCUT2D eigenvalue weighted by Crippen LogP contribution is 2.30. The van der Waals surface area contributed by atoms with E-state index in [1.807, 2.05) is 0 Å². The maximum absolute atomic E-state index is 12.5. The van der Waals surface area contributed by atoms with Crippen molar-refractivity contribution >= 4 is 17.7 Å². The van der Waals surface area contributed by atoms with Gasteiger partial charge in [0.15, 0.2) is 6.10 Å². The van der Waals surface area contributed by atoms with E-state index in [1.165, 1.54) is 24.3 Å². The second-order valence-corrected chi connectivity index (χ2v) is 7.73. The molecular weight excluding hydrogens is 354 g/mol. The third-order valence-corrected chi connectivity index (χ3v) is 4.48. The second kappa shape index (κ2) is 7.15. The smallest absolute Gasteiger partial charge is 0.410 e. The van der Waals surface area contributed by atoms with E-state index in [0.717, 1.165) is 0 Å². The van der Waals surface area contributed by atoms with Crippen LogP contribution in [0.3, 0.4) is 0 Å². The number of nitro benzene ring substituents is 1. The summed E-state index contributed by atoms with van der Waals surface area (Å²) in [5.41, 5.74) is -0.0639. The van der Waals surface area contributed by atoms with Crippen molar-refractivity contribution in [3.63, 3.8) is 0 Å². The van der Waals surface area contributed by atoms with Crippen LogP contribution in [0.1, 0.15) is 38.9 Å². The van der Waals surface area contributed by atoms with Gasteiger partial charge in [-0.15, -0.1) is 0 Å². The molecule has 2 aliphatic rings. The first-order valence-electron chi connectivity index (χ1n) is 8.82. The van der Waals surface area contributed by atoms with E-state index in [1.54, 1.807) is 25.7 Å². The summed E-state index contributed by atoms with van der Waals surface area (Å²) in [4.78, 5) is 36.6. The highest BCUT2D eigenvalue weighted by molar-refractivity contribution is 5.83. The van der Waals surface area contributed by atoms with Crippen molar-refractivity contribution in [2.24, 2.45) is 0 Å². The Bertz CT molecular complexity index is 742. The normalized spacial score (nSPS) is 25.4. The topological polar surface area (TPSA) is 111 Å². The van der Waals surface area contributed by atoms with Gasteiger partial charge >= 0.3 is 6.09 Å². The Hall–Kier alpha value is -2.68. The van der Waals surface area contributed by atoms with Crippen LogP contribution in [-0.4, -0.2) is 52.7 Å². The van der Waals surface area contributed by atoms with E-state index < -0.39 is 22.7 Å². The summed E-state index contributed by atoms with van der Waals surface area (Å²) >= 11 is 0. The number of fused-ring (bicyclic) bond motifs is 1. The molecule has 1 unspecified atom stereocenters. The van der Waals surface area contributed by atoms with Crippen molar-refractivity contribution in [3.05, 3.63) is 39.9 Å². The number of likely N-dealkylation sites (tertiary alicyclic amines) is 1. The maximum Gasteiger partial charge on any atom is 0.410 e. The maximum atomic E-state index is 12.5. The first-order chi connectivity index (χ1) is 12.6. The van der Waals surface area contributed by atoms with Gasteiger partial charge in [-0.2, -0.15) is 0 Å². The molecule has 0 radical (unpaired) electrons. The van der Waals surface area contributed by atoms with Crippen molar-refractivity contribution in [2.45, 2.75) is 51.0 Å².